The first-order chi connectivity index (χ1) is 8.52. The fourth-order valence-corrected chi connectivity index (χ4v) is 2.40. The lowest BCUT2D eigenvalue weighted by atomic mass is 9.82. The average molecular weight is 252 g/mol. The van der Waals surface area contributed by atoms with Crippen molar-refractivity contribution >= 4 is 11.5 Å². The average Bonchev–Trinajstić information content (AvgIpc) is 2.27. The molecule has 2 rings (SSSR count). The second-order valence-corrected chi connectivity index (χ2v) is 5.09. The van der Waals surface area contributed by atoms with Gasteiger partial charge in [-0.15, -0.1) is 0 Å². The molecular formula is C12H20N4O2. The number of hydrogen-bond acceptors (Lipinski definition) is 4. The molecule has 0 unspecified atom stereocenters. The molecule has 0 aromatic carbocycles. The van der Waals surface area contributed by atoms with Crippen LogP contribution in [0.5, 0.6) is 0 Å². The largest absolute Gasteiger partial charge is 0.383 e. The number of aromatic nitrogens is 2. The second kappa shape index (κ2) is 4.88. The monoisotopic (exact) mass is 252 g/mol. The molecule has 18 heavy (non-hydrogen) atoms. The molecule has 1 aromatic rings. The molecule has 1 aliphatic carbocycles. The van der Waals surface area contributed by atoms with Gasteiger partial charge in [0.1, 0.15) is 11.5 Å². The zero-order valence-corrected chi connectivity index (χ0v) is 10.8. The van der Waals surface area contributed by atoms with Gasteiger partial charge in [0, 0.05) is 12.6 Å². The summed E-state index contributed by atoms with van der Waals surface area (Å²) < 4.78 is 1.41. The van der Waals surface area contributed by atoms with E-state index in [1.807, 2.05) is 6.92 Å². The van der Waals surface area contributed by atoms with E-state index in [9.17, 15) is 9.59 Å². The quantitative estimate of drug-likeness (QED) is 0.736. The number of hydrogen-bond donors (Lipinski definition) is 3. The van der Waals surface area contributed by atoms with E-state index in [2.05, 4.69) is 17.2 Å². The van der Waals surface area contributed by atoms with Crippen molar-refractivity contribution in [2.45, 2.75) is 45.7 Å². The molecule has 0 aliphatic heterocycles. The minimum absolute atomic E-state index is 0.241. The highest BCUT2D eigenvalue weighted by Crippen LogP contribution is 2.29. The summed E-state index contributed by atoms with van der Waals surface area (Å²) in [4.78, 5) is 25.7. The van der Waals surface area contributed by atoms with Crippen LogP contribution >= 0.6 is 0 Å². The zero-order valence-electron chi connectivity index (χ0n) is 10.8. The Bertz CT molecular complexity index is 540. The van der Waals surface area contributed by atoms with Crippen molar-refractivity contribution in [3.63, 3.8) is 0 Å². The summed E-state index contributed by atoms with van der Waals surface area (Å²) in [5, 5.41) is 3.14. The van der Waals surface area contributed by atoms with Crippen molar-refractivity contribution in [1.29, 1.82) is 0 Å². The topological polar surface area (TPSA) is 92.9 Å². The van der Waals surface area contributed by atoms with Gasteiger partial charge in [-0.25, -0.2) is 4.79 Å². The molecule has 6 nitrogen and oxygen atoms in total. The van der Waals surface area contributed by atoms with Gasteiger partial charge in [-0.2, -0.15) is 0 Å². The van der Waals surface area contributed by atoms with E-state index in [1.54, 1.807) is 0 Å². The van der Waals surface area contributed by atoms with Crippen molar-refractivity contribution in [2.24, 2.45) is 5.92 Å². The summed E-state index contributed by atoms with van der Waals surface area (Å²) in [6.45, 7) is 4.64. The van der Waals surface area contributed by atoms with Gasteiger partial charge in [0.05, 0.1) is 0 Å². The molecule has 4 N–H and O–H groups in total. The van der Waals surface area contributed by atoms with Gasteiger partial charge in [-0.05, 0) is 25.2 Å². The van der Waals surface area contributed by atoms with Gasteiger partial charge in [0.15, 0.2) is 0 Å². The van der Waals surface area contributed by atoms with Gasteiger partial charge in [-0.1, -0.05) is 13.8 Å². The van der Waals surface area contributed by atoms with Crippen LogP contribution in [0, 0.1) is 5.92 Å². The van der Waals surface area contributed by atoms with Crippen LogP contribution < -0.4 is 22.3 Å². The SMILES string of the molecule is CCCn1c(N)c(NC2CC(C)C2)c(=O)[nH]c1=O. The Kier molecular flexibility index (Phi) is 3.45. The first kappa shape index (κ1) is 12.7. The van der Waals surface area contributed by atoms with E-state index >= 15 is 0 Å². The number of rotatable bonds is 4. The van der Waals surface area contributed by atoms with Crippen LogP contribution in [0.15, 0.2) is 9.59 Å². The fourth-order valence-electron chi connectivity index (χ4n) is 2.40. The number of H-pyrrole nitrogens is 1. The predicted molar refractivity (Wildman–Crippen MR) is 71.8 cm³/mol. The van der Waals surface area contributed by atoms with Crippen LogP contribution in [-0.2, 0) is 6.54 Å². The molecule has 0 amide bonds. The van der Waals surface area contributed by atoms with E-state index in [0.29, 0.717) is 18.2 Å². The van der Waals surface area contributed by atoms with Crippen LogP contribution in [0.25, 0.3) is 0 Å². The van der Waals surface area contributed by atoms with Crippen molar-refractivity contribution in [3.05, 3.63) is 20.8 Å². The van der Waals surface area contributed by atoms with Gasteiger partial charge >= 0.3 is 5.69 Å². The van der Waals surface area contributed by atoms with Crippen molar-refractivity contribution < 1.29 is 0 Å². The lowest BCUT2D eigenvalue weighted by Gasteiger charge is -2.34. The molecule has 1 aromatic heterocycles. The van der Waals surface area contributed by atoms with Crippen LogP contribution in [0.3, 0.4) is 0 Å². The smallest absolute Gasteiger partial charge is 0.330 e. The van der Waals surface area contributed by atoms with Crippen LogP contribution in [0.1, 0.15) is 33.1 Å². The van der Waals surface area contributed by atoms with Crippen LogP contribution in [0.2, 0.25) is 0 Å². The number of anilines is 2. The van der Waals surface area contributed by atoms with E-state index < -0.39 is 11.2 Å². The van der Waals surface area contributed by atoms with E-state index in [1.165, 1.54) is 4.57 Å². The summed E-state index contributed by atoms with van der Waals surface area (Å²) in [6, 6.07) is 0.288. The molecule has 0 bridgehead atoms. The first-order valence-corrected chi connectivity index (χ1v) is 6.42. The highest BCUT2D eigenvalue weighted by Gasteiger charge is 2.26. The van der Waals surface area contributed by atoms with E-state index in [-0.39, 0.29) is 11.9 Å². The minimum atomic E-state index is -0.438. The molecule has 100 valence electrons. The maximum absolute atomic E-state index is 11.8. The molecule has 0 saturated heterocycles. The highest BCUT2D eigenvalue weighted by atomic mass is 16.2. The number of nitrogens with zero attached hydrogens (tertiary/aromatic N) is 1. The molecule has 0 atom stereocenters. The maximum Gasteiger partial charge on any atom is 0.330 e. The van der Waals surface area contributed by atoms with Crippen molar-refractivity contribution in [3.8, 4) is 0 Å². The summed E-state index contributed by atoms with van der Waals surface area (Å²) in [6.07, 6.45) is 2.85. The number of nitrogens with two attached hydrogens (primary N) is 1. The third kappa shape index (κ3) is 2.27. The Morgan fingerprint density at radius 1 is 1.44 bits per heavy atom. The maximum atomic E-state index is 11.8. The Morgan fingerprint density at radius 3 is 2.67 bits per heavy atom. The van der Waals surface area contributed by atoms with Crippen LogP contribution in [-0.4, -0.2) is 15.6 Å². The Hall–Kier alpha value is -1.72. The molecular weight excluding hydrogens is 232 g/mol. The van der Waals surface area contributed by atoms with Crippen LogP contribution in [0.4, 0.5) is 11.5 Å². The normalized spacial score (nSPS) is 22.6. The summed E-state index contributed by atoms with van der Waals surface area (Å²) in [5.41, 5.74) is 5.38. The number of nitrogens with one attached hydrogen (secondary N) is 2. The molecule has 1 heterocycles. The van der Waals surface area contributed by atoms with Gasteiger partial charge in [-0.3, -0.25) is 14.3 Å². The molecule has 1 aliphatic rings. The molecule has 0 radical (unpaired) electrons. The zero-order chi connectivity index (χ0) is 13.3. The van der Waals surface area contributed by atoms with Gasteiger partial charge < -0.3 is 11.1 Å². The molecule has 0 spiro atoms. The Balaban J connectivity index is 2.31. The fraction of sp³-hybridized carbons (Fsp3) is 0.667. The van der Waals surface area contributed by atoms with E-state index in [0.717, 1.165) is 19.3 Å². The van der Waals surface area contributed by atoms with Gasteiger partial charge in [0.25, 0.3) is 5.56 Å². The Labute approximate surface area is 105 Å². The van der Waals surface area contributed by atoms with Crippen molar-refractivity contribution in [2.75, 3.05) is 11.1 Å². The molecule has 6 heteroatoms. The molecule has 1 fully saturated rings. The summed E-state index contributed by atoms with van der Waals surface area (Å²) >= 11 is 0. The molecule has 1 saturated carbocycles. The lowest BCUT2D eigenvalue weighted by Crippen LogP contribution is -2.39. The van der Waals surface area contributed by atoms with Gasteiger partial charge in [0.2, 0.25) is 0 Å². The number of aromatic amines is 1. The Morgan fingerprint density at radius 2 is 2.11 bits per heavy atom. The number of nitrogen functional groups attached to an aromatic ring is 1. The summed E-state index contributed by atoms with van der Waals surface area (Å²) in [7, 11) is 0. The predicted octanol–water partition coefficient (Wildman–Crippen LogP) is 0.739. The van der Waals surface area contributed by atoms with E-state index in [4.69, 9.17) is 5.73 Å². The second-order valence-electron chi connectivity index (χ2n) is 5.09. The van der Waals surface area contributed by atoms with Crippen molar-refractivity contribution in [1.82, 2.24) is 9.55 Å². The third-order valence-electron chi connectivity index (χ3n) is 3.41. The minimum Gasteiger partial charge on any atom is -0.383 e. The summed E-state index contributed by atoms with van der Waals surface area (Å²) in [5.74, 6) is 0.925. The lowest BCUT2D eigenvalue weighted by molar-refractivity contribution is 0.309. The standard InChI is InChI=1S/C12H20N4O2/c1-3-4-16-10(13)9(11(17)15-12(16)18)14-8-5-7(2)6-8/h7-8,14H,3-6,13H2,1-2H3,(H,15,17,18). The first-order valence-electron chi connectivity index (χ1n) is 6.42. The highest BCUT2D eigenvalue weighted by molar-refractivity contribution is 5.61. The third-order valence-corrected chi connectivity index (χ3v) is 3.41.